The molecule has 180 valence electrons. The van der Waals surface area contributed by atoms with Gasteiger partial charge in [-0.05, 0) is 62.4 Å². The van der Waals surface area contributed by atoms with Crippen molar-refractivity contribution in [3.8, 4) is 6.07 Å². The molecule has 0 saturated carbocycles. The Bertz CT molecular complexity index is 1220. The second-order valence-electron chi connectivity index (χ2n) is 9.84. The van der Waals surface area contributed by atoms with E-state index in [0.29, 0.717) is 17.5 Å². The van der Waals surface area contributed by atoms with Gasteiger partial charge in [0, 0.05) is 6.42 Å². The molecule has 2 aromatic carbocycles. The number of aryl methyl sites for hydroxylation is 1. The van der Waals surface area contributed by atoms with Crippen molar-refractivity contribution in [3.63, 3.8) is 0 Å². The van der Waals surface area contributed by atoms with E-state index < -0.39 is 27.8 Å². The molecular formula is C26H30N2O5S. The molecule has 0 N–H and O–H groups in total. The largest absolute Gasteiger partial charge is 0.442 e. The van der Waals surface area contributed by atoms with Crippen LogP contribution in [0.15, 0.2) is 53.4 Å². The maximum atomic E-state index is 13.5. The first-order valence-electron chi connectivity index (χ1n) is 11.5. The van der Waals surface area contributed by atoms with Gasteiger partial charge in [0.25, 0.3) is 10.0 Å². The van der Waals surface area contributed by atoms with E-state index in [9.17, 15) is 13.2 Å². The fourth-order valence-electron chi connectivity index (χ4n) is 4.85. The molecule has 0 aliphatic carbocycles. The average Bonchev–Trinajstić information content (AvgIpc) is 3.30. The van der Waals surface area contributed by atoms with E-state index in [1.807, 2.05) is 19.9 Å². The minimum Gasteiger partial charge on any atom is -0.442 e. The normalized spacial score (nSPS) is 25.8. The molecule has 8 heteroatoms. The van der Waals surface area contributed by atoms with Crippen molar-refractivity contribution < 1.29 is 22.7 Å². The molecule has 2 aromatic rings. The molecule has 2 fully saturated rings. The fraction of sp³-hybridized carbons (Fsp3) is 0.462. The Morgan fingerprint density at radius 2 is 1.82 bits per heavy atom. The topological polar surface area (TPSA) is 96.7 Å². The summed E-state index contributed by atoms with van der Waals surface area (Å²) in [4.78, 5) is 13.4. The number of sulfonamides is 1. The van der Waals surface area contributed by atoms with Gasteiger partial charge in [-0.15, -0.1) is 0 Å². The predicted octanol–water partition coefficient (Wildman–Crippen LogP) is 4.93. The molecule has 0 radical (unpaired) electrons. The monoisotopic (exact) mass is 482 g/mol. The van der Waals surface area contributed by atoms with Crippen LogP contribution in [-0.4, -0.2) is 36.1 Å². The summed E-state index contributed by atoms with van der Waals surface area (Å²) >= 11 is 0. The number of nitriles is 1. The fourth-order valence-corrected chi connectivity index (χ4v) is 6.14. The highest BCUT2D eigenvalue weighted by Crippen LogP contribution is 2.55. The van der Waals surface area contributed by atoms with E-state index in [2.05, 4.69) is 13.8 Å². The van der Waals surface area contributed by atoms with Crippen molar-refractivity contribution in [2.24, 2.45) is 5.92 Å². The summed E-state index contributed by atoms with van der Waals surface area (Å²) in [5, 5.41) is 9.05. The Kier molecular flexibility index (Phi) is 6.21. The first-order valence-corrected chi connectivity index (χ1v) is 12.9. The third-order valence-electron chi connectivity index (χ3n) is 7.21. The van der Waals surface area contributed by atoms with Crippen LogP contribution in [0, 0.1) is 24.2 Å². The number of hydrogen-bond acceptors (Lipinski definition) is 6. The first-order chi connectivity index (χ1) is 16.0. The molecule has 2 saturated heterocycles. The van der Waals surface area contributed by atoms with E-state index >= 15 is 0 Å². The van der Waals surface area contributed by atoms with Crippen molar-refractivity contribution in [3.05, 3.63) is 65.2 Å². The summed E-state index contributed by atoms with van der Waals surface area (Å²) in [7, 11) is -4.18. The lowest BCUT2D eigenvalue weighted by molar-refractivity contribution is -0.0827. The number of nitrogens with zero attached hydrogens (tertiary/aromatic N) is 2. The minimum absolute atomic E-state index is 0.0118. The number of benzene rings is 2. The van der Waals surface area contributed by atoms with Gasteiger partial charge in [-0.3, -0.25) is 0 Å². The van der Waals surface area contributed by atoms with E-state index in [1.54, 1.807) is 36.4 Å². The number of carbonyl (C=O) groups excluding carboxylic acids is 1. The molecule has 1 amide bonds. The Morgan fingerprint density at radius 3 is 2.38 bits per heavy atom. The quantitative estimate of drug-likeness (QED) is 0.579. The van der Waals surface area contributed by atoms with Gasteiger partial charge >= 0.3 is 6.09 Å². The van der Waals surface area contributed by atoms with Crippen LogP contribution in [0.2, 0.25) is 0 Å². The Hall–Kier alpha value is -2.89. The second kappa shape index (κ2) is 8.71. The third-order valence-corrected chi connectivity index (χ3v) is 8.94. The summed E-state index contributed by atoms with van der Waals surface area (Å²) < 4.78 is 40.1. The lowest BCUT2D eigenvalue weighted by Crippen LogP contribution is -2.44. The van der Waals surface area contributed by atoms with Crippen molar-refractivity contribution in [2.45, 2.75) is 75.7 Å². The molecule has 2 heterocycles. The van der Waals surface area contributed by atoms with Gasteiger partial charge in [-0.1, -0.05) is 43.7 Å². The molecule has 2 bridgehead atoms. The number of rotatable bonds is 6. The van der Waals surface area contributed by atoms with Crippen LogP contribution in [0.5, 0.6) is 0 Å². The minimum atomic E-state index is -4.18. The highest BCUT2D eigenvalue weighted by atomic mass is 32.2. The number of carbonyl (C=O) groups is 1. The lowest BCUT2D eigenvalue weighted by atomic mass is 9.75. The van der Waals surface area contributed by atoms with Gasteiger partial charge in [-0.2, -0.15) is 9.57 Å². The van der Waals surface area contributed by atoms with Gasteiger partial charge < -0.3 is 9.47 Å². The maximum absolute atomic E-state index is 13.5. The molecule has 0 aromatic heterocycles. The predicted molar refractivity (Wildman–Crippen MR) is 126 cm³/mol. The van der Waals surface area contributed by atoms with Crippen molar-refractivity contribution in [1.82, 2.24) is 4.31 Å². The SMILES string of the molecule is Cc1ccc(S(=O)(=O)N(Cc2ccc(C#N)cc2)C(=O)O[C@H]2C[C@]3(C(C)C)CC[C@@]2(C)O3)cc1. The van der Waals surface area contributed by atoms with Gasteiger partial charge in [0.2, 0.25) is 0 Å². The van der Waals surface area contributed by atoms with Crippen LogP contribution in [-0.2, 0) is 26.0 Å². The lowest BCUT2D eigenvalue weighted by Gasteiger charge is -2.32. The van der Waals surface area contributed by atoms with Crippen molar-refractivity contribution in [1.29, 1.82) is 5.26 Å². The highest BCUT2D eigenvalue weighted by Gasteiger charge is 2.62. The van der Waals surface area contributed by atoms with Crippen LogP contribution in [0.4, 0.5) is 4.79 Å². The standard InChI is InChI=1S/C26H30N2O5S/c1-18(2)26-14-13-25(4,33-26)23(15-26)32-24(29)28(17-21-9-7-20(16-27)8-10-21)34(30,31)22-11-5-19(3)6-12-22/h5-12,18,23H,13-15,17H2,1-4H3/t23-,25+,26-/m0/s1. The first kappa shape index (κ1) is 24.2. The average molecular weight is 483 g/mol. The van der Waals surface area contributed by atoms with Gasteiger partial charge in [-0.25, -0.2) is 13.2 Å². The molecule has 7 nitrogen and oxygen atoms in total. The molecule has 2 aliphatic heterocycles. The summed E-state index contributed by atoms with van der Waals surface area (Å²) in [6.07, 6.45) is 0.733. The summed E-state index contributed by atoms with van der Waals surface area (Å²) in [6.45, 7) is 7.77. The molecule has 0 unspecified atom stereocenters. The van der Waals surface area contributed by atoms with Gasteiger partial charge in [0.15, 0.2) is 0 Å². The van der Waals surface area contributed by atoms with E-state index in [1.165, 1.54) is 12.1 Å². The van der Waals surface area contributed by atoms with Crippen molar-refractivity contribution >= 4 is 16.1 Å². The molecule has 34 heavy (non-hydrogen) atoms. The number of ether oxygens (including phenoxy) is 2. The molecule has 2 aliphatic rings. The number of amides is 1. The van der Waals surface area contributed by atoms with Crippen LogP contribution < -0.4 is 0 Å². The van der Waals surface area contributed by atoms with Crippen LogP contribution >= 0.6 is 0 Å². The third kappa shape index (κ3) is 4.30. The van der Waals surface area contributed by atoms with Crippen LogP contribution in [0.3, 0.4) is 0 Å². The summed E-state index contributed by atoms with van der Waals surface area (Å²) in [5.74, 6) is 0.254. The van der Waals surface area contributed by atoms with Crippen LogP contribution in [0.1, 0.15) is 56.7 Å². The van der Waals surface area contributed by atoms with Crippen molar-refractivity contribution in [2.75, 3.05) is 0 Å². The van der Waals surface area contributed by atoms with Gasteiger partial charge in [0.05, 0.1) is 28.7 Å². The van der Waals surface area contributed by atoms with Gasteiger partial charge in [0.1, 0.15) is 11.7 Å². The van der Waals surface area contributed by atoms with Crippen LogP contribution in [0.25, 0.3) is 0 Å². The molecule has 4 rings (SSSR count). The molecular weight excluding hydrogens is 452 g/mol. The number of hydrogen-bond donors (Lipinski definition) is 0. The van der Waals surface area contributed by atoms with E-state index in [-0.39, 0.29) is 23.0 Å². The van der Waals surface area contributed by atoms with E-state index in [0.717, 1.165) is 22.7 Å². The summed E-state index contributed by atoms with van der Waals surface area (Å²) in [5.41, 5.74) is 0.943. The molecule has 3 atom stereocenters. The zero-order valence-corrected chi connectivity index (χ0v) is 20.8. The zero-order valence-electron chi connectivity index (χ0n) is 19.9. The Morgan fingerprint density at radius 1 is 1.18 bits per heavy atom. The Labute approximate surface area is 201 Å². The zero-order chi connectivity index (χ0) is 24.7. The van der Waals surface area contributed by atoms with E-state index in [4.69, 9.17) is 14.7 Å². The Balaban J connectivity index is 1.64. The highest BCUT2D eigenvalue weighted by molar-refractivity contribution is 7.89. The smallest absolute Gasteiger partial charge is 0.424 e. The second-order valence-corrected chi connectivity index (χ2v) is 11.7. The summed E-state index contributed by atoms with van der Waals surface area (Å²) in [6, 6.07) is 14.8. The molecule has 0 spiro atoms. The maximum Gasteiger partial charge on any atom is 0.424 e. The number of fused-ring (bicyclic) bond motifs is 2.